The number of carbonyl (C=O) groups is 4. The second-order valence-electron chi connectivity index (χ2n) is 24.0. The summed E-state index contributed by atoms with van der Waals surface area (Å²) in [5.74, 6) is -0.269. The van der Waals surface area contributed by atoms with E-state index in [4.69, 9.17) is 9.47 Å². The molecule has 15 nitrogen and oxygen atoms in total. The number of anilines is 1. The predicted octanol–water partition coefficient (Wildman–Crippen LogP) is 5.19. The zero-order valence-corrected chi connectivity index (χ0v) is 42.8. The number of rotatable bonds is 16. The monoisotopic (exact) mass is 954 g/mol. The Morgan fingerprint density at radius 3 is 2.00 bits per heavy atom. The maximum Gasteiger partial charge on any atom is 0.320 e. The van der Waals surface area contributed by atoms with E-state index in [2.05, 4.69) is 36.3 Å². The zero-order valence-electron chi connectivity index (χ0n) is 42.8. The molecular weight excluding hydrogens is 867 g/mol. The fourth-order valence-electron chi connectivity index (χ4n) is 13.5. The number of carbonyl (C=O) groups excluding carboxylic acids is 3. The number of aliphatic hydroxyl groups excluding tert-OH is 3. The molecule has 5 aliphatic rings. The number of aliphatic carboxylic acids is 1. The van der Waals surface area contributed by atoms with E-state index in [1.807, 2.05) is 75.6 Å². The zero-order chi connectivity index (χ0) is 49.8. The van der Waals surface area contributed by atoms with Crippen LogP contribution in [0.25, 0.3) is 0 Å². The summed E-state index contributed by atoms with van der Waals surface area (Å²) < 4.78 is 11.2. The second-order valence-corrected chi connectivity index (χ2v) is 24.0. The van der Waals surface area contributed by atoms with Crippen LogP contribution in [0, 0.1) is 46.3 Å². The molecule has 4 aliphatic carbocycles. The number of amides is 1. The van der Waals surface area contributed by atoms with Crippen molar-refractivity contribution in [2.75, 3.05) is 70.8 Å². The molecule has 1 aromatic carbocycles. The summed E-state index contributed by atoms with van der Waals surface area (Å²) in [5, 5.41) is 50.4. The summed E-state index contributed by atoms with van der Waals surface area (Å²) in [6.07, 6.45) is 6.34. The largest absolute Gasteiger partial charge is 0.480 e. The quantitative estimate of drug-likeness (QED) is 0.118. The van der Waals surface area contributed by atoms with Crippen LogP contribution < -0.4 is 10.6 Å². The van der Waals surface area contributed by atoms with Crippen molar-refractivity contribution >= 4 is 29.5 Å². The first-order valence-corrected chi connectivity index (χ1v) is 25.8. The highest BCUT2D eigenvalue weighted by Crippen LogP contribution is 2.68. The van der Waals surface area contributed by atoms with Crippen LogP contribution in [-0.2, 0) is 35.1 Å². The summed E-state index contributed by atoms with van der Waals surface area (Å²) in [6, 6.07) is 7.61. The Balaban J connectivity index is 1.06. The molecule has 0 radical (unpaired) electrons. The first-order valence-electron chi connectivity index (χ1n) is 25.8. The highest BCUT2D eigenvalue weighted by molar-refractivity contribution is 5.90. The normalized spacial score (nSPS) is 32.8. The number of esters is 2. The van der Waals surface area contributed by atoms with E-state index in [0.717, 1.165) is 44.1 Å². The summed E-state index contributed by atoms with van der Waals surface area (Å²) in [5.41, 5.74) is 0.158. The van der Waals surface area contributed by atoms with Gasteiger partial charge in [-0.25, -0.2) is 0 Å². The minimum atomic E-state index is -0.910. The van der Waals surface area contributed by atoms with Crippen molar-refractivity contribution in [1.29, 1.82) is 0 Å². The lowest BCUT2D eigenvalue weighted by Gasteiger charge is -2.63. The Morgan fingerprint density at radius 2 is 1.38 bits per heavy atom. The topological polar surface area (TPSA) is 201 Å². The third-order valence-corrected chi connectivity index (χ3v) is 16.8. The molecule has 1 aromatic rings. The van der Waals surface area contributed by atoms with Crippen molar-refractivity contribution in [2.24, 2.45) is 46.3 Å². The van der Waals surface area contributed by atoms with E-state index in [1.165, 1.54) is 0 Å². The van der Waals surface area contributed by atoms with Gasteiger partial charge in [0.15, 0.2) is 0 Å². The Hall–Kier alpha value is -3.18. The van der Waals surface area contributed by atoms with Crippen LogP contribution in [0.2, 0.25) is 0 Å². The number of benzene rings is 1. The molecule has 1 heterocycles. The Bertz CT molecular complexity index is 1870. The number of nitrogens with one attached hydrogen (secondary N) is 2. The van der Waals surface area contributed by atoms with Gasteiger partial charge in [-0.2, -0.15) is 0 Å². The molecule has 0 bridgehead atoms. The van der Waals surface area contributed by atoms with Gasteiger partial charge in [0.1, 0.15) is 11.2 Å². The van der Waals surface area contributed by atoms with Gasteiger partial charge < -0.3 is 40.5 Å². The van der Waals surface area contributed by atoms with E-state index in [-0.39, 0.29) is 96.0 Å². The minimum absolute atomic E-state index is 0.00651. The van der Waals surface area contributed by atoms with Crippen molar-refractivity contribution < 1.29 is 49.1 Å². The molecule has 12 unspecified atom stereocenters. The van der Waals surface area contributed by atoms with Gasteiger partial charge in [0, 0.05) is 64.0 Å². The Morgan fingerprint density at radius 1 is 0.779 bits per heavy atom. The number of hydrogen-bond donors (Lipinski definition) is 6. The van der Waals surface area contributed by atoms with Crippen molar-refractivity contribution in [1.82, 2.24) is 20.0 Å². The number of hydrogen-bond acceptors (Lipinski definition) is 13. The van der Waals surface area contributed by atoms with E-state index in [9.17, 15) is 39.6 Å². The molecule has 6 N–H and O–H groups in total. The van der Waals surface area contributed by atoms with Gasteiger partial charge in [0.25, 0.3) is 0 Å². The lowest BCUT2D eigenvalue weighted by Crippen LogP contribution is -2.62. The molecule has 12 atom stereocenters. The van der Waals surface area contributed by atoms with E-state index >= 15 is 0 Å². The summed E-state index contributed by atoms with van der Waals surface area (Å²) >= 11 is 0. The number of aliphatic hydroxyl groups is 3. The molecule has 6 rings (SSSR count). The lowest BCUT2D eigenvalue weighted by molar-refractivity contribution is -0.207. The molecular formula is C53H87N5O10. The van der Waals surface area contributed by atoms with Gasteiger partial charge >= 0.3 is 17.9 Å². The Labute approximate surface area is 406 Å². The van der Waals surface area contributed by atoms with E-state index in [1.54, 1.807) is 0 Å². The fourth-order valence-corrected chi connectivity index (χ4v) is 13.5. The highest BCUT2D eigenvalue weighted by atomic mass is 16.6. The number of carboxylic acid groups (broad SMARTS) is 1. The third kappa shape index (κ3) is 14.0. The van der Waals surface area contributed by atoms with Crippen LogP contribution in [0.4, 0.5) is 5.69 Å². The molecule has 384 valence electrons. The van der Waals surface area contributed by atoms with Gasteiger partial charge in [-0.15, -0.1) is 0 Å². The molecule has 68 heavy (non-hydrogen) atoms. The Kier molecular flexibility index (Phi) is 17.9. The fraction of sp³-hybridized carbons (Fsp3) is 0.811. The van der Waals surface area contributed by atoms with E-state index in [0.29, 0.717) is 77.2 Å². The van der Waals surface area contributed by atoms with Crippen LogP contribution >= 0.6 is 0 Å². The van der Waals surface area contributed by atoms with Crippen LogP contribution in [-0.4, -0.2) is 160 Å². The minimum Gasteiger partial charge on any atom is -0.480 e. The first-order chi connectivity index (χ1) is 31.8. The van der Waals surface area contributed by atoms with E-state index < -0.39 is 29.4 Å². The molecule has 0 aromatic heterocycles. The van der Waals surface area contributed by atoms with Crippen molar-refractivity contribution in [3.05, 3.63) is 29.8 Å². The van der Waals surface area contributed by atoms with Crippen LogP contribution in [0.15, 0.2) is 24.3 Å². The number of nitrogens with zero attached hydrogens (tertiary/aromatic N) is 3. The molecule has 1 amide bonds. The van der Waals surface area contributed by atoms with Crippen molar-refractivity contribution in [2.45, 2.75) is 162 Å². The number of ether oxygens (including phenoxy) is 2. The van der Waals surface area contributed by atoms with Gasteiger partial charge in [0.2, 0.25) is 5.91 Å². The smallest absolute Gasteiger partial charge is 0.320 e. The molecule has 15 heteroatoms. The molecule has 5 fully saturated rings. The SMILES string of the molecule is CC(CCC(=O)Nc1ccc(CC(CN2CCN(CC(=O)O)CCN(CC(=O)OC(C)(C)C)CC2)NCC(=O)OC(C)(C)C)cc1)C1CCC2C3C(O)CC4CC(O)CCC4(C)C3CC(O)C12C. The van der Waals surface area contributed by atoms with Gasteiger partial charge in [-0.3, -0.25) is 33.9 Å². The highest BCUT2D eigenvalue weighted by Gasteiger charge is 2.65. The third-order valence-electron chi connectivity index (χ3n) is 16.8. The van der Waals surface area contributed by atoms with Crippen molar-refractivity contribution in [3.63, 3.8) is 0 Å². The second kappa shape index (κ2) is 22.5. The number of fused-ring (bicyclic) bond motifs is 5. The average molecular weight is 954 g/mol. The summed E-state index contributed by atoms with van der Waals surface area (Å²) in [6.45, 7) is 21.7. The standard InChI is InChI=1S/C53H87N5O10/c1-34(40-15-16-41-49-42(29-44(61)53(40,41)9)52(8)19-18-39(59)27-36(52)28-43(49)60)10-17-45(62)55-37-13-11-35(12-14-37)26-38(54-30-47(65)67-50(2,3)4)31-56-20-22-57(32-46(63)64)23-25-58(24-21-56)33-48(66)68-51(5,6)7/h11-14,34,36,38-44,49,54,59-61H,10,15-33H2,1-9H3,(H,55,62)(H,63,64). The van der Waals surface area contributed by atoms with Gasteiger partial charge in [-0.05, 0) is 163 Å². The predicted molar refractivity (Wildman–Crippen MR) is 262 cm³/mol. The van der Waals surface area contributed by atoms with Crippen LogP contribution in [0.1, 0.15) is 126 Å². The molecule has 1 saturated heterocycles. The number of carboxylic acids is 1. The van der Waals surface area contributed by atoms with Crippen molar-refractivity contribution in [3.8, 4) is 0 Å². The summed E-state index contributed by atoms with van der Waals surface area (Å²) in [4.78, 5) is 57.2. The first kappa shape index (κ1) is 54.2. The van der Waals surface area contributed by atoms with Crippen LogP contribution in [0.3, 0.4) is 0 Å². The molecule has 0 spiro atoms. The maximum atomic E-state index is 13.5. The molecule has 4 saturated carbocycles. The van der Waals surface area contributed by atoms with Gasteiger partial charge in [0.05, 0.1) is 37.9 Å². The summed E-state index contributed by atoms with van der Waals surface area (Å²) in [7, 11) is 0. The van der Waals surface area contributed by atoms with Crippen LogP contribution in [0.5, 0.6) is 0 Å². The van der Waals surface area contributed by atoms with Gasteiger partial charge in [-0.1, -0.05) is 32.9 Å². The maximum absolute atomic E-state index is 13.5. The lowest BCUT2D eigenvalue weighted by atomic mass is 9.43. The molecule has 1 aliphatic heterocycles. The average Bonchev–Trinajstić information content (AvgIpc) is 3.62.